The maximum absolute atomic E-state index is 5.54. The Labute approximate surface area is 69.5 Å². The van der Waals surface area contributed by atoms with Gasteiger partial charge in [-0.1, -0.05) is 19.8 Å². The molecule has 66 valence electrons. The minimum absolute atomic E-state index is 0.924. The first-order valence-corrected chi connectivity index (χ1v) is 4.81. The first kappa shape index (κ1) is 9.01. The van der Waals surface area contributed by atoms with Crippen molar-refractivity contribution in [3.8, 4) is 0 Å². The maximum Gasteiger partial charge on any atom is 0.0685 e. The normalized spacial score (nSPS) is 19.4. The number of hydrogen-bond acceptors (Lipinski definition) is 2. The predicted octanol–water partition coefficient (Wildman–Crippen LogP) is 2.20. The third kappa shape index (κ3) is 3.73. The van der Waals surface area contributed by atoms with E-state index in [0.29, 0.717) is 0 Å². The quantitative estimate of drug-likeness (QED) is 0.567. The second kappa shape index (κ2) is 5.56. The van der Waals surface area contributed by atoms with E-state index in [1.54, 1.807) is 0 Å². The molecule has 2 nitrogen and oxygen atoms in total. The second-order valence-electron chi connectivity index (χ2n) is 3.18. The Morgan fingerprint density at radius 3 is 2.55 bits per heavy atom. The number of hydrogen-bond donors (Lipinski definition) is 0. The fourth-order valence-corrected chi connectivity index (χ4v) is 1.36. The van der Waals surface area contributed by atoms with Crippen LogP contribution in [0.15, 0.2) is 0 Å². The summed E-state index contributed by atoms with van der Waals surface area (Å²) in [7, 11) is 0. The van der Waals surface area contributed by atoms with Gasteiger partial charge >= 0.3 is 0 Å². The Morgan fingerprint density at radius 1 is 1.18 bits per heavy atom. The minimum atomic E-state index is 0.924. The maximum atomic E-state index is 5.54. The lowest BCUT2D eigenvalue weighted by Crippen LogP contribution is -2.20. The van der Waals surface area contributed by atoms with Gasteiger partial charge in [0, 0.05) is 13.1 Å². The Hall–Kier alpha value is -0.0800. The van der Waals surface area contributed by atoms with Gasteiger partial charge in [0.25, 0.3) is 0 Å². The van der Waals surface area contributed by atoms with E-state index in [1.807, 2.05) is 0 Å². The van der Waals surface area contributed by atoms with Crippen molar-refractivity contribution in [1.82, 2.24) is 5.06 Å². The van der Waals surface area contributed by atoms with Crippen molar-refractivity contribution in [2.45, 2.75) is 39.0 Å². The number of rotatable bonds is 5. The Kier molecular flexibility index (Phi) is 4.55. The summed E-state index contributed by atoms with van der Waals surface area (Å²) in [6.07, 6.45) is 6.42. The SMILES string of the molecule is CCCCCON1CCCC1. The van der Waals surface area contributed by atoms with Crippen molar-refractivity contribution in [1.29, 1.82) is 0 Å². The van der Waals surface area contributed by atoms with Gasteiger partial charge in [-0.2, -0.15) is 5.06 Å². The van der Waals surface area contributed by atoms with E-state index >= 15 is 0 Å². The molecule has 2 heteroatoms. The molecule has 11 heavy (non-hydrogen) atoms. The van der Waals surface area contributed by atoms with Crippen LogP contribution >= 0.6 is 0 Å². The van der Waals surface area contributed by atoms with E-state index in [1.165, 1.54) is 32.1 Å². The van der Waals surface area contributed by atoms with Crippen molar-refractivity contribution in [3.05, 3.63) is 0 Å². The van der Waals surface area contributed by atoms with Gasteiger partial charge in [-0.3, -0.25) is 4.84 Å². The van der Waals surface area contributed by atoms with Gasteiger partial charge in [-0.25, -0.2) is 0 Å². The summed E-state index contributed by atoms with van der Waals surface area (Å²) in [5.41, 5.74) is 0. The molecule has 1 aliphatic rings. The average Bonchev–Trinajstić information content (AvgIpc) is 2.50. The van der Waals surface area contributed by atoms with Gasteiger partial charge < -0.3 is 0 Å². The van der Waals surface area contributed by atoms with Gasteiger partial charge in [0.1, 0.15) is 0 Å². The molecule has 0 unspecified atom stereocenters. The Balaban J connectivity index is 1.86. The zero-order valence-electron chi connectivity index (χ0n) is 7.51. The second-order valence-corrected chi connectivity index (χ2v) is 3.18. The molecule has 1 aliphatic heterocycles. The lowest BCUT2D eigenvalue weighted by Gasteiger charge is -2.13. The average molecular weight is 157 g/mol. The number of nitrogens with zero attached hydrogens (tertiary/aromatic N) is 1. The van der Waals surface area contributed by atoms with Crippen molar-refractivity contribution >= 4 is 0 Å². The van der Waals surface area contributed by atoms with Crippen molar-refractivity contribution in [2.24, 2.45) is 0 Å². The predicted molar refractivity (Wildman–Crippen MR) is 46.3 cm³/mol. The van der Waals surface area contributed by atoms with Gasteiger partial charge in [-0.15, -0.1) is 0 Å². The zero-order valence-corrected chi connectivity index (χ0v) is 7.51. The highest BCUT2D eigenvalue weighted by Crippen LogP contribution is 2.08. The van der Waals surface area contributed by atoms with Crippen LogP contribution in [0.25, 0.3) is 0 Å². The fourth-order valence-electron chi connectivity index (χ4n) is 1.36. The van der Waals surface area contributed by atoms with Crippen LogP contribution in [0.5, 0.6) is 0 Å². The smallest absolute Gasteiger partial charge is 0.0685 e. The van der Waals surface area contributed by atoms with Crippen molar-refractivity contribution in [3.63, 3.8) is 0 Å². The molecule has 0 aliphatic carbocycles. The van der Waals surface area contributed by atoms with Crippen LogP contribution in [-0.2, 0) is 4.84 Å². The van der Waals surface area contributed by atoms with Crippen LogP contribution in [-0.4, -0.2) is 24.8 Å². The van der Waals surface area contributed by atoms with Crippen molar-refractivity contribution in [2.75, 3.05) is 19.7 Å². The van der Waals surface area contributed by atoms with Crippen molar-refractivity contribution < 1.29 is 4.84 Å². The van der Waals surface area contributed by atoms with E-state index in [-0.39, 0.29) is 0 Å². The van der Waals surface area contributed by atoms with Gasteiger partial charge in [0.15, 0.2) is 0 Å². The van der Waals surface area contributed by atoms with E-state index in [4.69, 9.17) is 4.84 Å². The van der Waals surface area contributed by atoms with Gasteiger partial charge in [0.2, 0.25) is 0 Å². The topological polar surface area (TPSA) is 12.5 Å². The molecule has 0 N–H and O–H groups in total. The lowest BCUT2D eigenvalue weighted by atomic mass is 10.3. The molecule has 0 amide bonds. The summed E-state index contributed by atoms with van der Waals surface area (Å²) in [5.74, 6) is 0. The van der Waals surface area contributed by atoms with E-state index < -0.39 is 0 Å². The third-order valence-corrected chi connectivity index (χ3v) is 2.09. The van der Waals surface area contributed by atoms with Crippen LogP contribution in [0.2, 0.25) is 0 Å². The molecule has 0 aromatic heterocycles. The van der Waals surface area contributed by atoms with Crippen LogP contribution in [0.1, 0.15) is 39.0 Å². The number of unbranched alkanes of at least 4 members (excludes halogenated alkanes) is 2. The summed E-state index contributed by atoms with van der Waals surface area (Å²) in [6.45, 7) is 5.43. The third-order valence-electron chi connectivity index (χ3n) is 2.09. The molecule has 1 heterocycles. The summed E-state index contributed by atoms with van der Waals surface area (Å²) >= 11 is 0. The van der Waals surface area contributed by atoms with Crippen LogP contribution in [0.4, 0.5) is 0 Å². The molecule has 0 bridgehead atoms. The molecule has 1 fully saturated rings. The first-order valence-electron chi connectivity index (χ1n) is 4.81. The molecule has 0 radical (unpaired) electrons. The molecular weight excluding hydrogens is 138 g/mol. The highest BCUT2D eigenvalue weighted by molar-refractivity contribution is 4.56. The molecule has 0 saturated carbocycles. The summed E-state index contributed by atoms with van der Waals surface area (Å²) < 4.78 is 0. The van der Waals surface area contributed by atoms with Gasteiger partial charge in [-0.05, 0) is 19.3 Å². The van der Waals surface area contributed by atoms with Crippen LogP contribution in [0, 0.1) is 0 Å². The van der Waals surface area contributed by atoms with Gasteiger partial charge in [0.05, 0.1) is 6.61 Å². The summed E-state index contributed by atoms with van der Waals surface area (Å²) in [5, 5.41) is 2.11. The highest BCUT2D eigenvalue weighted by atomic mass is 16.7. The van der Waals surface area contributed by atoms with Crippen LogP contribution < -0.4 is 0 Å². The van der Waals surface area contributed by atoms with Crippen LogP contribution in [0.3, 0.4) is 0 Å². The first-order chi connectivity index (χ1) is 5.43. The molecule has 0 aromatic carbocycles. The molecule has 1 saturated heterocycles. The van der Waals surface area contributed by atoms with E-state index in [2.05, 4.69) is 12.0 Å². The Morgan fingerprint density at radius 2 is 1.91 bits per heavy atom. The summed E-state index contributed by atoms with van der Waals surface area (Å²) in [4.78, 5) is 5.54. The Bertz CT molecular complexity index is 89.6. The fraction of sp³-hybridized carbons (Fsp3) is 1.00. The number of hydroxylamine groups is 2. The zero-order chi connectivity index (χ0) is 7.94. The lowest BCUT2D eigenvalue weighted by molar-refractivity contribution is -0.143. The molecule has 0 atom stereocenters. The summed E-state index contributed by atoms with van der Waals surface area (Å²) in [6, 6.07) is 0. The molecule has 1 rings (SSSR count). The minimum Gasteiger partial charge on any atom is -0.299 e. The molecule has 0 aromatic rings. The highest BCUT2D eigenvalue weighted by Gasteiger charge is 2.10. The largest absolute Gasteiger partial charge is 0.299 e. The van der Waals surface area contributed by atoms with E-state index in [0.717, 1.165) is 19.7 Å². The molecule has 0 spiro atoms. The van der Waals surface area contributed by atoms with E-state index in [9.17, 15) is 0 Å². The monoisotopic (exact) mass is 157 g/mol. The standard InChI is InChI=1S/C9H19NO/c1-2-3-6-9-11-10-7-4-5-8-10/h2-9H2,1H3. The molecular formula is C9H19NO.